The minimum absolute atomic E-state index is 1.14. The molecule has 0 fully saturated rings. The second-order valence-electron chi connectivity index (χ2n) is 5.29. The van der Waals surface area contributed by atoms with Gasteiger partial charge in [-0.1, -0.05) is 42.0 Å². The Morgan fingerprint density at radius 3 is 2.17 bits per heavy atom. The molecule has 0 aliphatic carbocycles. The molecule has 0 saturated heterocycles. The largest absolute Gasteiger partial charge is 0.0617 e. The van der Waals surface area contributed by atoms with Crippen LogP contribution in [-0.4, -0.2) is 0 Å². The highest BCUT2D eigenvalue weighted by Crippen LogP contribution is 2.17. The average Bonchev–Trinajstić information content (AvgIpc) is 2.33. The normalized spacial score (nSPS) is 10.7. The highest BCUT2D eigenvalue weighted by molar-refractivity contribution is 5.35. The molecule has 0 spiro atoms. The highest BCUT2D eigenvalue weighted by atomic mass is 14.1. The summed E-state index contributed by atoms with van der Waals surface area (Å²) in [5.41, 5.74) is 8.56. The topological polar surface area (TPSA) is 0 Å². The Balaban J connectivity index is 2.14. The van der Waals surface area contributed by atoms with Crippen molar-refractivity contribution >= 4 is 0 Å². The maximum Gasteiger partial charge on any atom is -0.0235 e. The standard InChI is InChI=1S/C18H22/c1-13-8-9-17(15(3)12-13)10-11-18-7-5-6-14(2)16(18)4/h5-9,12H,10-11H2,1-4H3. The minimum Gasteiger partial charge on any atom is -0.0617 e. The zero-order valence-corrected chi connectivity index (χ0v) is 11.9. The van der Waals surface area contributed by atoms with E-state index in [2.05, 4.69) is 64.1 Å². The molecule has 0 unspecified atom stereocenters. The van der Waals surface area contributed by atoms with Crippen molar-refractivity contribution in [1.29, 1.82) is 0 Å². The van der Waals surface area contributed by atoms with Crippen LogP contribution in [0.3, 0.4) is 0 Å². The molecule has 18 heavy (non-hydrogen) atoms. The Kier molecular flexibility index (Phi) is 3.86. The molecular weight excluding hydrogens is 216 g/mol. The van der Waals surface area contributed by atoms with Crippen LogP contribution in [-0.2, 0) is 12.8 Å². The highest BCUT2D eigenvalue weighted by Gasteiger charge is 2.03. The lowest BCUT2D eigenvalue weighted by molar-refractivity contribution is 0.934. The van der Waals surface area contributed by atoms with E-state index in [9.17, 15) is 0 Å². The van der Waals surface area contributed by atoms with E-state index in [0.29, 0.717) is 0 Å². The Hall–Kier alpha value is -1.56. The summed E-state index contributed by atoms with van der Waals surface area (Å²) in [6, 6.07) is 13.4. The summed E-state index contributed by atoms with van der Waals surface area (Å²) in [6.07, 6.45) is 2.27. The van der Waals surface area contributed by atoms with E-state index in [1.165, 1.54) is 33.4 Å². The number of hydrogen-bond acceptors (Lipinski definition) is 0. The summed E-state index contributed by atoms with van der Waals surface area (Å²) in [6.45, 7) is 8.79. The van der Waals surface area contributed by atoms with Crippen molar-refractivity contribution < 1.29 is 0 Å². The summed E-state index contributed by atoms with van der Waals surface area (Å²) in [5, 5.41) is 0. The first-order valence-electron chi connectivity index (χ1n) is 6.69. The maximum absolute atomic E-state index is 2.28. The van der Waals surface area contributed by atoms with Crippen molar-refractivity contribution in [3.05, 3.63) is 69.8 Å². The molecule has 2 aromatic carbocycles. The van der Waals surface area contributed by atoms with Crippen molar-refractivity contribution in [2.75, 3.05) is 0 Å². The Labute approximate surface area is 111 Å². The van der Waals surface area contributed by atoms with E-state index < -0.39 is 0 Å². The third kappa shape index (κ3) is 2.81. The van der Waals surface area contributed by atoms with Crippen LogP contribution in [0.15, 0.2) is 36.4 Å². The fourth-order valence-corrected chi connectivity index (χ4v) is 2.48. The molecular formula is C18H22. The van der Waals surface area contributed by atoms with Crippen LogP contribution in [0.2, 0.25) is 0 Å². The van der Waals surface area contributed by atoms with Crippen LogP contribution in [0.1, 0.15) is 33.4 Å². The van der Waals surface area contributed by atoms with Crippen LogP contribution < -0.4 is 0 Å². The zero-order chi connectivity index (χ0) is 13.1. The molecule has 0 amide bonds. The predicted molar refractivity (Wildman–Crippen MR) is 79.2 cm³/mol. The van der Waals surface area contributed by atoms with Gasteiger partial charge in [-0.2, -0.15) is 0 Å². The van der Waals surface area contributed by atoms with Gasteiger partial charge in [-0.05, 0) is 68.4 Å². The Bertz CT molecular complexity index is 550. The summed E-state index contributed by atoms with van der Waals surface area (Å²) >= 11 is 0. The second kappa shape index (κ2) is 5.39. The number of hydrogen-bond donors (Lipinski definition) is 0. The monoisotopic (exact) mass is 238 g/mol. The van der Waals surface area contributed by atoms with Crippen molar-refractivity contribution in [3.8, 4) is 0 Å². The van der Waals surface area contributed by atoms with Crippen molar-refractivity contribution in [2.45, 2.75) is 40.5 Å². The molecule has 2 rings (SSSR count). The van der Waals surface area contributed by atoms with Crippen molar-refractivity contribution in [3.63, 3.8) is 0 Å². The average molecular weight is 238 g/mol. The molecule has 0 N–H and O–H groups in total. The van der Waals surface area contributed by atoms with Gasteiger partial charge >= 0.3 is 0 Å². The smallest absolute Gasteiger partial charge is 0.0235 e. The molecule has 0 aliphatic rings. The Morgan fingerprint density at radius 1 is 0.722 bits per heavy atom. The van der Waals surface area contributed by atoms with Crippen LogP contribution in [0.5, 0.6) is 0 Å². The van der Waals surface area contributed by atoms with E-state index in [4.69, 9.17) is 0 Å². The van der Waals surface area contributed by atoms with Gasteiger partial charge in [0.05, 0.1) is 0 Å². The molecule has 94 valence electrons. The lowest BCUT2D eigenvalue weighted by Crippen LogP contribution is -1.97. The lowest BCUT2D eigenvalue weighted by Gasteiger charge is -2.10. The molecule has 0 radical (unpaired) electrons. The molecule has 0 heteroatoms. The van der Waals surface area contributed by atoms with Crippen LogP contribution in [0, 0.1) is 27.7 Å². The second-order valence-corrected chi connectivity index (χ2v) is 5.29. The molecule has 0 saturated carbocycles. The van der Waals surface area contributed by atoms with Gasteiger partial charge in [-0.15, -0.1) is 0 Å². The van der Waals surface area contributed by atoms with Gasteiger partial charge in [0.1, 0.15) is 0 Å². The molecule has 0 atom stereocenters. The third-order valence-corrected chi connectivity index (χ3v) is 3.88. The minimum atomic E-state index is 1.14. The van der Waals surface area contributed by atoms with Gasteiger partial charge in [-0.25, -0.2) is 0 Å². The van der Waals surface area contributed by atoms with E-state index in [1.54, 1.807) is 0 Å². The fraction of sp³-hybridized carbons (Fsp3) is 0.333. The quantitative estimate of drug-likeness (QED) is 0.726. The summed E-state index contributed by atoms with van der Waals surface area (Å²) in [7, 11) is 0. The van der Waals surface area contributed by atoms with Crippen LogP contribution in [0.25, 0.3) is 0 Å². The first-order valence-corrected chi connectivity index (χ1v) is 6.69. The first kappa shape index (κ1) is 12.9. The molecule has 0 nitrogen and oxygen atoms in total. The van der Waals surface area contributed by atoms with Gasteiger partial charge in [0, 0.05) is 0 Å². The predicted octanol–water partition coefficient (Wildman–Crippen LogP) is 4.71. The Morgan fingerprint density at radius 2 is 1.44 bits per heavy atom. The van der Waals surface area contributed by atoms with Crippen molar-refractivity contribution in [1.82, 2.24) is 0 Å². The third-order valence-electron chi connectivity index (χ3n) is 3.88. The SMILES string of the molecule is Cc1ccc(CCc2cccc(C)c2C)c(C)c1. The molecule has 2 aromatic rings. The number of rotatable bonds is 3. The molecule has 0 aromatic heterocycles. The van der Waals surface area contributed by atoms with E-state index in [1.807, 2.05) is 0 Å². The van der Waals surface area contributed by atoms with Crippen LogP contribution >= 0.6 is 0 Å². The maximum atomic E-state index is 2.28. The summed E-state index contributed by atoms with van der Waals surface area (Å²) in [5.74, 6) is 0. The van der Waals surface area contributed by atoms with Gasteiger partial charge in [0.2, 0.25) is 0 Å². The van der Waals surface area contributed by atoms with Crippen molar-refractivity contribution in [2.24, 2.45) is 0 Å². The molecule has 0 aliphatic heterocycles. The number of aryl methyl sites for hydroxylation is 5. The fourth-order valence-electron chi connectivity index (χ4n) is 2.48. The summed E-state index contributed by atoms with van der Waals surface area (Å²) < 4.78 is 0. The van der Waals surface area contributed by atoms with Gasteiger partial charge in [0.25, 0.3) is 0 Å². The zero-order valence-electron chi connectivity index (χ0n) is 11.9. The van der Waals surface area contributed by atoms with E-state index >= 15 is 0 Å². The molecule has 0 bridgehead atoms. The summed E-state index contributed by atoms with van der Waals surface area (Å²) in [4.78, 5) is 0. The lowest BCUT2D eigenvalue weighted by atomic mass is 9.95. The van der Waals surface area contributed by atoms with Gasteiger partial charge in [-0.3, -0.25) is 0 Å². The number of benzene rings is 2. The van der Waals surface area contributed by atoms with E-state index in [-0.39, 0.29) is 0 Å². The van der Waals surface area contributed by atoms with Gasteiger partial charge < -0.3 is 0 Å². The molecule has 0 heterocycles. The van der Waals surface area contributed by atoms with Gasteiger partial charge in [0.15, 0.2) is 0 Å². The first-order chi connectivity index (χ1) is 8.58. The van der Waals surface area contributed by atoms with E-state index in [0.717, 1.165) is 12.8 Å². The van der Waals surface area contributed by atoms with Crippen LogP contribution in [0.4, 0.5) is 0 Å².